The van der Waals surface area contributed by atoms with Gasteiger partial charge in [0.25, 0.3) is 5.91 Å². The molecule has 0 aliphatic carbocycles. The van der Waals surface area contributed by atoms with E-state index in [1.807, 2.05) is 36.4 Å². The Balaban J connectivity index is 1.56. The number of H-pyrrole nitrogens is 1. The van der Waals surface area contributed by atoms with Gasteiger partial charge in [-0.1, -0.05) is 36.4 Å². The molecule has 1 aliphatic heterocycles. The molecule has 0 radical (unpaired) electrons. The molecule has 3 aromatic rings. The van der Waals surface area contributed by atoms with Crippen LogP contribution >= 0.6 is 0 Å². The van der Waals surface area contributed by atoms with E-state index in [9.17, 15) is 14.4 Å². The summed E-state index contributed by atoms with van der Waals surface area (Å²) in [6.45, 7) is 2.25. The lowest BCUT2D eigenvalue weighted by atomic mass is 10.0. The van der Waals surface area contributed by atoms with Crippen molar-refractivity contribution in [2.45, 2.75) is 6.42 Å². The minimum atomic E-state index is -0.468. The van der Waals surface area contributed by atoms with Crippen molar-refractivity contribution < 1.29 is 19.1 Å². The largest absolute Gasteiger partial charge is 0.469 e. The van der Waals surface area contributed by atoms with Crippen LogP contribution in [0, 0.1) is 0 Å². The molecule has 0 unspecified atom stereocenters. The molecular formula is C25H26N4O4. The topological polar surface area (TPSA) is 109 Å². The number of aromatic nitrogens is 1. The Bertz CT molecular complexity index is 1160. The number of hydrogen-bond donors (Lipinski definition) is 2. The summed E-state index contributed by atoms with van der Waals surface area (Å²) in [5.74, 6) is -1.01. The summed E-state index contributed by atoms with van der Waals surface area (Å²) in [6.07, 6.45) is 1.76. The zero-order valence-corrected chi connectivity index (χ0v) is 18.4. The van der Waals surface area contributed by atoms with Gasteiger partial charge in [0, 0.05) is 54.9 Å². The Morgan fingerprint density at radius 2 is 1.73 bits per heavy atom. The number of aromatic amines is 1. The van der Waals surface area contributed by atoms with Crippen LogP contribution in [0.2, 0.25) is 0 Å². The van der Waals surface area contributed by atoms with Gasteiger partial charge in [-0.2, -0.15) is 0 Å². The van der Waals surface area contributed by atoms with Gasteiger partial charge < -0.3 is 25.3 Å². The Hall–Kier alpha value is -4.07. The highest BCUT2D eigenvalue weighted by Crippen LogP contribution is 2.29. The third kappa shape index (κ3) is 4.74. The summed E-state index contributed by atoms with van der Waals surface area (Å²) in [7, 11) is 1.33. The monoisotopic (exact) mass is 446 g/mol. The molecule has 2 heterocycles. The number of nitrogens with two attached hydrogens (primary N) is 1. The fourth-order valence-electron chi connectivity index (χ4n) is 4.09. The van der Waals surface area contributed by atoms with E-state index in [1.165, 1.54) is 7.11 Å². The molecule has 8 nitrogen and oxygen atoms in total. The summed E-state index contributed by atoms with van der Waals surface area (Å²) in [5, 5.41) is 0. The molecule has 2 aromatic carbocycles. The zero-order chi connectivity index (χ0) is 23.4. The van der Waals surface area contributed by atoms with Crippen molar-refractivity contribution in [2.24, 2.45) is 5.73 Å². The lowest BCUT2D eigenvalue weighted by Crippen LogP contribution is -2.49. The standard InChI is InChI=1S/C25H26N4O4/c1-33-22(30)15-21-23(20(16-27-21)17-6-3-2-4-7-17)25(32)29-12-10-28(11-13-29)19-9-5-8-18(14-19)24(26)31/h2-9,14,16,27H,10-13,15H2,1H3,(H2,26,31). The number of esters is 1. The van der Waals surface area contributed by atoms with Gasteiger partial charge in [-0.05, 0) is 23.8 Å². The quantitative estimate of drug-likeness (QED) is 0.566. The van der Waals surface area contributed by atoms with Crippen molar-refractivity contribution in [1.29, 1.82) is 0 Å². The molecule has 1 fully saturated rings. The van der Waals surface area contributed by atoms with E-state index >= 15 is 0 Å². The number of hydrogen-bond acceptors (Lipinski definition) is 5. The zero-order valence-electron chi connectivity index (χ0n) is 18.4. The van der Waals surface area contributed by atoms with Gasteiger partial charge in [0.2, 0.25) is 5.91 Å². The number of anilines is 1. The lowest BCUT2D eigenvalue weighted by molar-refractivity contribution is -0.139. The highest BCUT2D eigenvalue weighted by molar-refractivity contribution is 6.03. The van der Waals surface area contributed by atoms with Crippen LogP contribution in [0.25, 0.3) is 11.1 Å². The molecule has 8 heteroatoms. The number of piperazine rings is 1. The van der Waals surface area contributed by atoms with Crippen LogP contribution in [0.4, 0.5) is 5.69 Å². The van der Waals surface area contributed by atoms with Crippen LogP contribution in [0.1, 0.15) is 26.4 Å². The van der Waals surface area contributed by atoms with Crippen molar-refractivity contribution >= 4 is 23.5 Å². The van der Waals surface area contributed by atoms with Crippen LogP contribution in [0.15, 0.2) is 60.8 Å². The fourth-order valence-corrected chi connectivity index (χ4v) is 4.09. The van der Waals surface area contributed by atoms with E-state index in [0.717, 1.165) is 16.8 Å². The first-order valence-corrected chi connectivity index (χ1v) is 10.7. The number of primary amides is 1. The maximum Gasteiger partial charge on any atom is 0.311 e. The molecule has 3 N–H and O–H groups in total. The first-order chi connectivity index (χ1) is 16.0. The Morgan fingerprint density at radius 3 is 2.39 bits per heavy atom. The second kappa shape index (κ2) is 9.60. The molecule has 2 amide bonds. The summed E-state index contributed by atoms with van der Waals surface area (Å²) < 4.78 is 4.82. The second-order valence-corrected chi connectivity index (χ2v) is 7.87. The first kappa shape index (κ1) is 22.1. The van der Waals surface area contributed by atoms with E-state index in [0.29, 0.717) is 43.0 Å². The Morgan fingerprint density at radius 1 is 1.00 bits per heavy atom. The molecule has 0 atom stereocenters. The van der Waals surface area contributed by atoms with Crippen molar-refractivity contribution in [3.63, 3.8) is 0 Å². The van der Waals surface area contributed by atoms with E-state index in [1.54, 1.807) is 29.3 Å². The van der Waals surface area contributed by atoms with E-state index in [-0.39, 0.29) is 12.3 Å². The average Bonchev–Trinajstić information content (AvgIpc) is 3.27. The van der Waals surface area contributed by atoms with Gasteiger partial charge in [-0.3, -0.25) is 14.4 Å². The molecule has 1 saturated heterocycles. The molecule has 4 rings (SSSR count). The molecule has 0 saturated carbocycles. The minimum Gasteiger partial charge on any atom is -0.469 e. The van der Waals surface area contributed by atoms with Crippen molar-refractivity contribution in [1.82, 2.24) is 9.88 Å². The third-order valence-electron chi connectivity index (χ3n) is 5.87. The molecule has 1 aliphatic rings. The predicted octanol–water partition coefficient (Wildman–Crippen LogP) is 2.46. The van der Waals surface area contributed by atoms with Crippen LogP contribution in [0.3, 0.4) is 0 Å². The summed E-state index contributed by atoms with van der Waals surface area (Å²) in [4.78, 5) is 44.1. The van der Waals surface area contributed by atoms with Gasteiger partial charge in [-0.25, -0.2) is 0 Å². The van der Waals surface area contributed by atoms with Gasteiger partial charge in [0.1, 0.15) is 0 Å². The maximum absolute atomic E-state index is 13.6. The number of rotatable bonds is 6. The summed E-state index contributed by atoms with van der Waals surface area (Å²) in [5.41, 5.74) is 9.46. The first-order valence-electron chi connectivity index (χ1n) is 10.7. The maximum atomic E-state index is 13.6. The van der Waals surface area contributed by atoms with E-state index in [2.05, 4.69) is 9.88 Å². The molecule has 0 spiro atoms. The van der Waals surface area contributed by atoms with Gasteiger partial charge in [0.05, 0.1) is 19.1 Å². The van der Waals surface area contributed by atoms with Crippen molar-refractivity contribution in [3.05, 3.63) is 77.6 Å². The summed E-state index contributed by atoms with van der Waals surface area (Å²) >= 11 is 0. The number of ether oxygens (including phenoxy) is 1. The number of nitrogens with zero attached hydrogens (tertiary/aromatic N) is 2. The number of methoxy groups -OCH3 is 1. The highest BCUT2D eigenvalue weighted by atomic mass is 16.5. The third-order valence-corrected chi connectivity index (χ3v) is 5.87. The van der Waals surface area contributed by atoms with Crippen LogP contribution < -0.4 is 10.6 Å². The molecule has 33 heavy (non-hydrogen) atoms. The highest BCUT2D eigenvalue weighted by Gasteiger charge is 2.28. The smallest absolute Gasteiger partial charge is 0.311 e. The predicted molar refractivity (Wildman–Crippen MR) is 125 cm³/mol. The molecule has 0 bridgehead atoms. The fraction of sp³-hybridized carbons (Fsp3) is 0.240. The van der Waals surface area contributed by atoms with Crippen LogP contribution in [0.5, 0.6) is 0 Å². The van der Waals surface area contributed by atoms with Gasteiger partial charge >= 0.3 is 5.97 Å². The number of nitrogens with one attached hydrogen (secondary N) is 1. The number of amides is 2. The minimum absolute atomic E-state index is 0.00964. The van der Waals surface area contributed by atoms with Crippen molar-refractivity contribution in [3.8, 4) is 11.1 Å². The Labute approximate surface area is 191 Å². The van der Waals surface area contributed by atoms with Crippen molar-refractivity contribution in [2.75, 3.05) is 38.2 Å². The van der Waals surface area contributed by atoms with Gasteiger partial charge in [0.15, 0.2) is 0 Å². The van der Waals surface area contributed by atoms with Gasteiger partial charge in [-0.15, -0.1) is 0 Å². The number of carbonyl (C=O) groups excluding carboxylic acids is 3. The van der Waals surface area contributed by atoms with Crippen LogP contribution in [-0.2, 0) is 16.0 Å². The second-order valence-electron chi connectivity index (χ2n) is 7.87. The SMILES string of the molecule is COC(=O)Cc1[nH]cc(-c2ccccc2)c1C(=O)N1CCN(c2cccc(C(N)=O)c2)CC1. The number of carbonyl (C=O) groups is 3. The van der Waals surface area contributed by atoms with E-state index in [4.69, 9.17) is 10.5 Å². The summed E-state index contributed by atoms with van der Waals surface area (Å²) in [6, 6.07) is 16.8. The van der Waals surface area contributed by atoms with Crippen LogP contribution in [-0.4, -0.2) is 61.0 Å². The number of benzene rings is 2. The Kier molecular flexibility index (Phi) is 6.44. The average molecular weight is 447 g/mol. The lowest BCUT2D eigenvalue weighted by Gasteiger charge is -2.36. The molecule has 1 aromatic heterocycles. The van der Waals surface area contributed by atoms with E-state index < -0.39 is 11.9 Å². The molecule has 170 valence electrons. The normalized spacial score (nSPS) is 13.6. The molecular weight excluding hydrogens is 420 g/mol.